The topological polar surface area (TPSA) is 32.3 Å². The number of nitrogens with zero attached hydrogens (tertiary/aromatic N) is 4. The third-order valence-electron chi connectivity index (χ3n) is 5.59. The van der Waals surface area contributed by atoms with Gasteiger partial charge in [0.25, 0.3) is 0 Å². The highest BCUT2D eigenvalue weighted by atomic mass is 15.3. The molecule has 0 unspecified atom stereocenters. The third-order valence-corrected chi connectivity index (χ3v) is 5.59. The molecule has 0 spiro atoms. The van der Waals surface area contributed by atoms with Gasteiger partial charge >= 0.3 is 0 Å². The van der Waals surface area contributed by atoms with E-state index in [0.717, 1.165) is 32.7 Å². The molecule has 0 atom stereocenters. The number of aromatic nitrogens is 2. The maximum Gasteiger partial charge on any atom is 0.115 e. The highest BCUT2D eigenvalue weighted by molar-refractivity contribution is 5.78. The Kier molecular flexibility index (Phi) is 4.00. The van der Waals surface area contributed by atoms with Gasteiger partial charge in [-0.25, -0.2) is 9.97 Å². The molecule has 4 heteroatoms. The molecule has 2 aromatic carbocycles. The quantitative estimate of drug-likeness (QED) is 0.731. The van der Waals surface area contributed by atoms with E-state index >= 15 is 0 Å². The second-order valence-electron chi connectivity index (χ2n) is 7.14. The second kappa shape index (κ2) is 6.63. The van der Waals surface area contributed by atoms with Crippen molar-refractivity contribution in [2.45, 2.75) is 12.6 Å². The van der Waals surface area contributed by atoms with Gasteiger partial charge in [-0.1, -0.05) is 48.5 Å². The van der Waals surface area contributed by atoms with Crippen LogP contribution in [0.5, 0.6) is 0 Å². The van der Waals surface area contributed by atoms with E-state index in [1.54, 1.807) is 6.33 Å². The Balaban J connectivity index is 1.35. The molecule has 0 saturated carbocycles. The maximum absolute atomic E-state index is 4.13. The zero-order chi connectivity index (χ0) is 17.3. The number of benzene rings is 2. The molecule has 1 aromatic heterocycles. The first-order valence-electron chi connectivity index (χ1n) is 9.29. The number of hydrogen-bond acceptors (Lipinski definition) is 4. The zero-order valence-corrected chi connectivity index (χ0v) is 14.8. The van der Waals surface area contributed by atoms with Crippen LogP contribution < -0.4 is 0 Å². The summed E-state index contributed by atoms with van der Waals surface area (Å²) in [4.78, 5) is 13.4. The van der Waals surface area contributed by atoms with Gasteiger partial charge in [0.05, 0.1) is 6.04 Å². The Labute approximate surface area is 154 Å². The molecule has 26 heavy (non-hydrogen) atoms. The second-order valence-corrected chi connectivity index (χ2v) is 7.14. The molecular weight excluding hydrogens is 320 g/mol. The van der Waals surface area contributed by atoms with E-state index in [4.69, 9.17) is 0 Å². The smallest absolute Gasteiger partial charge is 0.115 e. The Morgan fingerprint density at radius 2 is 1.35 bits per heavy atom. The summed E-state index contributed by atoms with van der Waals surface area (Å²) in [6, 6.07) is 18.2. The molecule has 3 aromatic rings. The molecule has 4 nitrogen and oxygen atoms in total. The predicted octanol–water partition coefficient (Wildman–Crippen LogP) is 3.36. The Morgan fingerprint density at radius 1 is 0.769 bits per heavy atom. The van der Waals surface area contributed by atoms with Crippen LogP contribution in [0, 0.1) is 0 Å². The van der Waals surface area contributed by atoms with Crippen molar-refractivity contribution in [2.24, 2.45) is 0 Å². The van der Waals surface area contributed by atoms with E-state index in [9.17, 15) is 0 Å². The highest BCUT2D eigenvalue weighted by Crippen LogP contribution is 2.46. The van der Waals surface area contributed by atoms with Crippen molar-refractivity contribution in [2.75, 3.05) is 26.2 Å². The van der Waals surface area contributed by atoms with E-state index in [0.29, 0.717) is 6.04 Å². The molecule has 0 amide bonds. The SMILES string of the molecule is c1ccc2c(c1)-c1ccccc1C2N1CCN(Cc2cncnc2)CC1. The summed E-state index contributed by atoms with van der Waals surface area (Å²) in [6.45, 7) is 5.26. The Morgan fingerprint density at radius 3 is 1.96 bits per heavy atom. The third kappa shape index (κ3) is 2.71. The lowest BCUT2D eigenvalue weighted by molar-refractivity contribution is 0.106. The van der Waals surface area contributed by atoms with Gasteiger partial charge in [0.15, 0.2) is 0 Å². The van der Waals surface area contributed by atoms with Crippen LogP contribution >= 0.6 is 0 Å². The van der Waals surface area contributed by atoms with Gasteiger partial charge in [0, 0.05) is 50.7 Å². The summed E-state index contributed by atoms with van der Waals surface area (Å²) >= 11 is 0. The average Bonchev–Trinajstić information content (AvgIpc) is 3.04. The minimum absolute atomic E-state index is 0.393. The van der Waals surface area contributed by atoms with Crippen molar-refractivity contribution in [3.05, 3.63) is 83.9 Å². The standard InChI is InChI=1S/C22H22N4/c1-3-7-20-18(5-1)19-6-2-4-8-21(19)22(20)26-11-9-25(10-12-26)15-17-13-23-16-24-14-17/h1-8,13-14,16,22H,9-12,15H2. The van der Waals surface area contributed by atoms with Crippen LogP contribution in [-0.4, -0.2) is 45.9 Å². The molecule has 0 N–H and O–H groups in total. The van der Waals surface area contributed by atoms with Gasteiger partial charge in [-0.05, 0) is 22.3 Å². The van der Waals surface area contributed by atoms with E-state index in [1.165, 1.54) is 27.8 Å². The molecule has 130 valence electrons. The zero-order valence-electron chi connectivity index (χ0n) is 14.8. The minimum Gasteiger partial charge on any atom is -0.296 e. The molecule has 1 saturated heterocycles. The summed E-state index contributed by atoms with van der Waals surface area (Å²) in [5.41, 5.74) is 6.91. The largest absolute Gasteiger partial charge is 0.296 e. The van der Waals surface area contributed by atoms with Gasteiger partial charge in [0.2, 0.25) is 0 Å². The molecule has 2 heterocycles. The minimum atomic E-state index is 0.393. The molecule has 1 aliphatic heterocycles. The average molecular weight is 342 g/mol. The van der Waals surface area contributed by atoms with Gasteiger partial charge in [-0.3, -0.25) is 9.80 Å². The lowest BCUT2D eigenvalue weighted by Crippen LogP contribution is -2.47. The normalized spacial score (nSPS) is 17.8. The van der Waals surface area contributed by atoms with Crippen LogP contribution in [0.15, 0.2) is 67.3 Å². The van der Waals surface area contributed by atoms with E-state index in [-0.39, 0.29) is 0 Å². The van der Waals surface area contributed by atoms with Crippen molar-refractivity contribution < 1.29 is 0 Å². The van der Waals surface area contributed by atoms with Crippen LogP contribution in [0.3, 0.4) is 0 Å². The molecule has 0 bridgehead atoms. The van der Waals surface area contributed by atoms with Crippen molar-refractivity contribution >= 4 is 0 Å². The fraction of sp³-hybridized carbons (Fsp3) is 0.273. The lowest BCUT2D eigenvalue weighted by Gasteiger charge is -2.38. The fourth-order valence-electron chi connectivity index (χ4n) is 4.37. The predicted molar refractivity (Wildman–Crippen MR) is 103 cm³/mol. The molecule has 2 aliphatic rings. The number of rotatable bonds is 3. The first-order valence-corrected chi connectivity index (χ1v) is 9.29. The van der Waals surface area contributed by atoms with Crippen LogP contribution in [0.1, 0.15) is 22.7 Å². The number of piperazine rings is 1. The molecule has 1 aliphatic carbocycles. The summed E-state index contributed by atoms with van der Waals surface area (Å²) in [6.07, 6.45) is 5.43. The molecular formula is C22H22N4. The fourth-order valence-corrected chi connectivity index (χ4v) is 4.37. The van der Waals surface area contributed by atoms with Crippen molar-refractivity contribution in [3.63, 3.8) is 0 Å². The summed E-state index contributed by atoms with van der Waals surface area (Å²) < 4.78 is 0. The van der Waals surface area contributed by atoms with Gasteiger partial charge < -0.3 is 0 Å². The molecule has 1 fully saturated rings. The van der Waals surface area contributed by atoms with Crippen LogP contribution in [0.4, 0.5) is 0 Å². The number of fused-ring (bicyclic) bond motifs is 3. The summed E-state index contributed by atoms with van der Waals surface area (Å²) in [5.74, 6) is 0. The van der Waals surface area contributed by atoms with E-state index in [1.807, 2.05) is 12.4 Å². The van der Waals surface area contributed by atoms with Gasteiger partial charge in [-0.15, -0.1) is 0 Å². The maximum atomic E-state index is 4.13. The van der Waals surface area contributed by atoms with E-state index < -0.39 is 0 Å². The summed E-state index contributed by atoms with van der Waals surface area (Å²) in [5, 5.41) is 0. The van der Waals surface area contributed by atoms with Crippen LogP contribution in [-0.2, 0) is 6.54 Å². The van der Waals surface area contributed by atoms with Crippen molar-refractivity contribution in [1.82, 2.24) is 19.8 Å². The van der Waals surface area contributed by atoms with E-state index in [2.05, 4.69) is 68.3 Å². The lowest BCUT2D eigenvalue weighted by atomic mass is 10.0. The van der Waals surface area contributed by atoms with Crippen molar-refractivity contribution in [1.29, 1.82) is 0 Å². The monoisotopic (exact) mass is 342 g/mol. The van der Waals surface area contributed by atoms with Crippen molar-refractivity contribution in [3.8, 4) is 11.1 Å². The van der Waals surface area contributed by atoms with Gasteiger partial charge in [0.1, 0.15) is 6.33 Å². The Bertz CT molecular complexity index is 855. The summed E-state index contributed by atoms with van der Waals surface area (Å²) in [7, 11) is 0. The van der Waals surface area contributed by atoms with Gasteiger partial charge in [-0.2, -0.15) is 0 Å². The first kappa shape index (κ1) is 15.7. The van der Waals surface area contributed by atoms with Crippen LogP contribution in [0.25, 0.3) is 11.1 Å². The first-order chi connectivity index (χ1) is 12.9. The molecule has 5 rings (SSSR count). The number of hydrogen-bond donors (Lipinski definition) is 0. The van der Waals surface area contributed by atoms with Crippen LogP contribution in [0.2, 0.25) is 0 Å². The Hall–Kier alpha value is -2.56. The highest BCUT2D eigenvalue weighted by Gasteiger charge is 2.33. The molecule has 0 radical (unpaired) electrons.